The van der Waals surface area contributed by atoms with E-state index in [4.69, 9.17) is 0 Å². The molecule has 1 fully saturated rings. The zero-order chi connectivity index (χ0) is 12.5. The van der Waals surface area contributed by atoms with Crippen LogP contribution in [0.3, 0.4) is 0 Å². The van der Waals surface area contributed by atoms with E-state index in [0.29, 0.717) is 6.42 Å². The first-order valence-electron chi connectivity index (χ1n) is 5.08. The van der Waals surface area contributed by atoms with Crippen molar-refractivity contribution in [2.45, 2.75) is 38.8 Å². The Morgan fingerprint density at radius 2 is 2.06 bits per heavy atom. The molecular formula is C9H15N3O4. The average Bonchev–Trinajstić information content (AvgIpc) is 2.09. The predicted octanol–water partition coefficient (Wildman–Crippen LogP) is 0.372. The van der Waals surface area contributed by atoms with E-state index >= 15 is 0 Å². The fraction of sp³-hybridized carbons (Fsp3) is 0.778. The summed E-state index contributed by atoms with van der Waals surface area (Å²) in [6, 6.07) is -1.98. The molecule has 7 nitrogen and oxygen atoms in total. The lowest BCUT2D eigenvalue weighted by Crippen LogP contribution is -2.69. The molecule has 0 aliphatic carbocycles. The highest BCUT2D eigenvalue weighted by Crippen LogP contribution is 2.20. The van der Waals surface area contributed by atoms with Crippen LogP contribution in [-0.4, -0.2) is 39.9 Å². The highest BCUT2D eigenvalue weighted by atomic mass is 16.6. The number of imide groups is 1. The van der Waals surface area contributed by atoms with Crippen molar-refractivity contribution in [2.75, 3.05) is 6.54 Å². The first-order chi connectivity index (χ1) is 7.31. The van der Waals surface area contributed by atoms with Crippen LogP contribution in [0.25, 0.3) is 0 Å². The van der Waals surface area contributed by atoms with Crippen LogP contribution >= 0.6 is 0 Å². The molecule has 0 aromatic rings. The summed E-state index contributed by atoms with van der Waals surface area (Å²) in [6.07, 6.45) is 0.573. The first kappa shape index (κ1) is 12.4. The number of nitrogens with zero attached hydrogens (tertiary/aromatic N) is 2. The highest BCUT2D eigenvalue weighted by Gasteiger charge is 2.53. The van der Waals surface area contributed by atoms with Crippen molar-refractivity contribution in [3.63, 3.8) is 0 Å². The van der Waals surface area contributed by atoms with Gasteiger partial charge in [0.2, 0.25) is 0 Å². The molecule has 1 unspecified atom stereocenters. The van der Waals surface area contributed by atoms with Crippen LogP contribution in [0.15, 0.2) is 0 Å². The Labute approximate surface area is 92.9 Å². The van der Waals surface area contributed by atoms with E-state index in [1.165, 1.54) is 13.8 Å². The van der Waals surface area contributed by atoms with Crippen LogP contribution in [0.5, 0.6) is 0 Å². The monoisotopic (exact) mass is 229 g/mol. The van der Waals surface area contributed by atoms with Crippen LogP contribution in [0, 0.1) is 10.1 Å². The molecule has 0 aromatic heterocycles. The molecule has 3 amide bonds. The quantitative estimate of drug-likeness (QED) is 0.559. The van der Waals surface area contributed by atoms with E-state index in [2.05, 4.69) is 5.32 Å². The second kappa shape index (κ2) is 4.07. The second-order valence-electron chi connectivity index (χ2n) is 4.33. The summed E-state index contributed by atoms with van der Waals surface area (Å²) >= 11 is 0. The topological polar surface area (TPSA) is 92.6 Å². The summed E-state index contributed by atoms with van der Waals surface area (Å²) in [5, 5.41) is 13.3. The number of amides is 3. The van der Waals surface area contributed by atoms with E-state index in [1.807, 2.05) is 0 Å². The van der Waals surface area contributed by atoms with Gasteiger partial charge in [-0.2, -0.15) is 0 Å². The van der Waals surface area contributed by atoms with Gasteiger partial charge >= 0.3 is 18.0 Å². The minimum atomic E-state index is -1.42. The van der Waals surface area contributed by atoms with Crippen molar-refractivity contribution in [1.29, 1.82) is 0 Å². The molecule has 0 saturated carbocycles. The largest absolute Gasteiger partial charge is 0.325 e. The highest BCUT2D eigenvalue weighted by molar-refractivity contribution is 6.00. The number of carbonyl (C=O) groups excluding carboxylic acids is 2. The lowest BCUT2D eigenvalue weighted by Gasteiger charge is -2.37. The Bertz CT molecular complexity index is 340. The van der Waals surface area contributed by atoms with Gasteiger partial charge in [0.15, 0.2) is 0 Å². The second-order valence-corrected chi connectivity index (χ2v) is 4.33. The van der Waals surface area contributed by atoms with Gasteiger partial charge in [0.25, 0.3) is 0 Å². The lowest BCUT2D eigenvalue weighted by molar-refractivity contribution is -0.520. The van der Waals surface area contributed by atoms with E-state index < -0.39 is 28.4 Å². The van der Waals surface area contributed by atoms with Gasteiger partial charge in [-0.1, -0.05) is 6.92 Å². The standard InChI is InChI=1S/C9H15N3O4/c1-4-5-11-7(13)6(12(15)16)9(2,3)10-8(11)14/h6H,4-5H2,1-3H3,(H,10,14). The Morgan fingerprint density at radius 1 is 1.50 bits per heavy atom. The average molecular weight is 229 g/mol. The third kappa shape index (κ3) is 1.98. The fourth-order valence-electron chi connectivity index (χ4n) is 1.76. The van der Waals surface area contributed by atoms with Gasteiger partial charge in [-0.05, 0) is 20.3 Å². The zero-order valence-corrected chi connectivity index (χ0v) is 9.52. The van der Waals surface area contributed by atoms with Crippen molar-refractivity contribution in [3.05, 3.63) is 10.1 Å². The molecule has 1 aliphatic rings. The van der Waals surface area contributed by atoms with Crippen molar-refractivity contribution in [2.24, 2.45) is 0 Å². The molecule has 1 rings (SSSR count). The molecule has 1 aliphatic heterocycles. The minimum absolute atomic E-state index is 0.199. The molecule has 1 atom stereocenters. The van der Waals surface area contributed by atoms with Gasteiger partial charge in [-0.25, -0.2) is 4.79 Å². The number of nitro groups is 1. The fourth-order valence-corrected chi connectivity index (χ4v) is 1.76. The van der Waals surface area contributed by atoms with Gasteiger partial charge in [-0.15, -0.1) is 0 Å². The summed E-state index contributed by atoms with van der Waals surface area (Å²) in [6.45, 7) is 4.94. The smallest absolute Gasteiger partial charge is 0.324 e. The van der Waals surface area contributed by atoms with Crippen LogP contribution in [0.2, 0.25) is 0 Å². The van der Waals surface area contributed by atoms with E-state index in [9.17, 15) is 19.7 Å². The number of hydrogen-bond acceptors (Lipinski definition) is 4. The van der Waals surface area contributed by atoms with Crippen LogP contribution in [0.1, 0.15) is 27.2 Å². The molecular weight excluding hydrogens is 214 g/mol. The van der Waals surface area contributed by atoms with Gasteiger partial charge in [0, 0.05) is 11.5 Å². The molecule has 0 radical (unpaired) electrons. The Morgan fingerprint density at radius 3 is 2.50 bits per heavy atom. The number of carbonyl (C=O) groups is 2. The number of nitrogens with one attached hydrogen (secondary N) is 1. The first-order valence-corrected chi connectivity index (χ1v) is 5.08. The van der Waals surface area contributed by atoms with Crippen molar-refractivity contribution in [3.8, 4) is 0 Å². The summed E-state index contributed by atoms with van der Waals surface area (Å²) in [7, 11) is 0. The summed E-state index contributed by atoms with van der Waals surface area (Å²) in [4.78, 5) is 34.5. The van der Waals surface area contributed by atoms with Gasteiger partial charge < -0.3 is 5.32 Å². The van der Waals surface area contributed by atoms with Crippen LogP contribution in [-0.2, 0) is 4.79 Å². The van der Waals surface area contributed by atoms with Crippen molar-refractivity contribution >= 4 is 11.9 Å². The molecule has 90 valence electrons. The van der Waals surface area contributed by atoms with E-state index in [-0.39, 0.29) is 6.54 Å². The van der Waals surface area contributed by atoms with Crippen molar-refractivity contribution < 1.29 is 14.5 Å². The third-order valence-electron chi connectivity index (χ3n) is 2.52. The molecule has 0 aromatic carbocycles. The van der Waals surface area contributed by atoms with Gasteiger partial charge in [-0.3, -0.25) is 19.8 Å². The molecule has 1 N–H and O–H groups in total. The number of urea groups is 1. The lowest BCUT2D eigenvalue weighted by atomic mass is 9.92. The number of rotatable bonds is 3. The molecule has 0 bridgehead atoms. The zero-order valence-electron chi connectivity index (χ0n) is 9.52. The predicted molar refractivity (Wildman–Crippen MR) is 55.4 cm³/mol. The SMILES string of the molecule is CCCN1C(=O)NC(C)(C)C([N+](=O)[O-])C1=O. The van der Waals surface area contributed by atoms with E-state index in [0.717, 1.165) is 4.90 Å². The van der Waals surface area contributed by atoms with Crippen LogP contribution in [0.4, 0.5) is 4.79 Å². The number of hydrogen-bond donors (Lipinski definition) is 1. The Hall–Kier alpha value is -1.66. The summed E-state index contributed by atoms with van der Waals surface area (Å²) < 4.78 is 0. The molecule has 16 heavy (non-hydrogen) atoms. The molecule has 1 heterocycles. The van der Waals surface area contributed by atoms with E-state index in [1.54, 1.807) is 6.92 Å². The maximum absolute atomic E-state index is 11.8. The minimum Gasteiger partial charge on any atom is -0.325 e. The summed E-state index contributed by atoms with van der Waals surface area (Å²) in [5.41, 5.74) is -1.15. The molecule has 0 spiro atoms. The maximum Gasteiger partial charge on any atom is 0.324 e. The Kier molecular flexibility index (Phi) is 3.16. The molecule has 1 saturated heterocycles. The Balaban J connectivity index is 3.03. The van der Waals surface area contributed by atoms with Crippen molar-refractivity contribution in [1.82, 2.24) is 10.2 Å². The normalized spacial score (nSPS) is 24.2. The third-order valence-corrected chi connectivity index (χ3v) is 2.52. The van der Waals surface area contributed by atoms with Gasteiger partial charge in [0.05, 0.1) is 0 Å². The van der Waals surface area contributed by atoms with Crippen LogP contribution < -0.4 is 5.32 Å². The summed E-state index contributed by atoms with van der Waals surface area (Å²) in [5.74, 6) is -0.736. The van der Waals surface area contributed by atoms with Gasteiger partial charge in [0.1, 0.15) is 5.54 Å². The molecule has 7 heteroatoms. The maximum atomic E-state index is 11.8.